The Kier molecular flexibility index (Phi) is 7.01. The molecule has 2 unspecified atom stereocenters. The molecule has 1 saturated carbocycles. The number of aliphatic hydroxyl groups excluding tert-OH is 1. The molecule has 0 heterocycles. The van der Waals surface area contributed by atoms with Crippen LogP contribution in [-0.4, -0.2) is 41.8 Å². The van der Waals surface area contributed by atoms with E-state index in [4.69, 9.17) is 10.8 Å². The molecule has 3 nitrogen and oxygen atoms in total. The van der Waals surface area contributed by atoms with Crippen molar-refractivity contribution >= 4 is 0 Å². The number of unbranched alkanes of at least 4 members (excludes halogenated alkanes) is 1. The first kappa shape index (κ1) is 13.9. The van der Waals surface area contributed by atoms with Crippen molar-refractivity contribution in [2.75, 3.05) is 19.7 Å². The molecule has 0 aromatic carbocycles. The highest BCUT2D eigenvalue weighted by atomic mass is 16.3. The van der Waals surface area contributed by atoms with Crippen LogP contribution < -0.4 is 5.73 Å². The molecule has 16 heavy (non-hydrogen) atoms. The van der Waals surface area contributed by atoms with Crippen LogP contribution >= 0.6 is 0 Å². The fourth-order valence-corrected chi connectivity index (χ4v) is 2.70. The summed E-state index contributed by atoms with van der Waals surface area (Å²) in [7, 11) is 0. The van der Waals surface area contributed by atoms with Crippen LogP contribution in [0.15, 0.2) is 0 Å². The van der Waals surface area contributed by atoms with Gasteiger partial charge in [-0.15, -0.1) is 0 Å². The number of rotatable bonds is 6. The van der Waals surface area contributed by atoms with Crippen molar-refractivity contribution in [2.45, 2.75) is 64.0 Å². The Hall–Kier alpha value is -0.120. The summed E-state index contributed by atoms with van der Waals surface area (Å²) in [5.74, 6) is 0. The monoisotopic (exact) mass is 228 g/mol. The lowest BCUT2D eigenvalue weighted by atomic mass is 10.0. The maximum absolute atomic E-state index is 9.14. The first-order valence-corrected chi connectivity index (χ1v) is 6.90. The van der Waals surface area contributed by atoms with Crippen LogP contribution in [0.5, 0.6) is 0 Å². The average Bonchev–Trinajstić information content (AvgIpc) is 2.49. The number of nitrogens with two attached hydrogens (primary N) is 1. The molecule has 0 aromatic heterocycles. The Morgan fingerprint density at radius 1 is 1.19 bits per heavy atom. The van der Waals surface area contributed by atoms with Crippen LogP contribution in [0.2, 0.25) is 0 Å². The Bertz CT molecular complexity index is 175. The maximum Gasteiger partial charge on any atom is 0.0558 e. The van der Waals surface area contributed by atoms with E-state index in [0.29, 0.717) is 12.1 Å². The molecule has 1 fully saturated rings. The van der Waals surface area contributed by atoms with E-state index < -0.39 is 0 Å². The highest BCUT2D eigenvalue weighted by molar-refractivity contribution is 4.84. The molecule has 96 valence electrons. The van der Waals surface area contributed by atoms with Crippen LogP contribution in [0.25, 0.3) is 0 Å². The van der Waals surface area contributed by atoms with Crippen LogP contribution in [0.1, 0.15) is 51.9 Å². The first-order chi connectivity index (χ1) is 7.79. The van der Waals surface area contributed by atoms with Crippen LogP contribution in [0, 0.1) is 0 Å². The van der Waals surface area contributed by atoms with Crippen molar-refractivity contribution in [3.63, 3.8) is 0 Å². The Morgan fingerprint density at radius 3 is 2.62 bits per heavy atom. The van der Waals surface area contributed by atoms with Gasteiger partial charge in [-0.25, -0.2) is 0 Å². The number of hydrogen-bond acceptors (Lipinski definition) is 3. The molecular formula is C13H28N2O. The highest BCUT2D eigenvalue weighted by Gasteiger charge is 2.25. The largest absolute Gasteiger partial charge is 0.395 e. The molecule has 0 bridgehead atoms. The van der Waals surface area contributed by atoms with Crippen molar-refractivity contribution in [3.8, 4) is 0 Å². The van der Waals surface area contributed by atoms with Gasteiger partial charge in [0.1, 0.15) is 0 Å². The summed E-state index contributed by atoms with van der Waals surface area (Å²) < 4.78 is 0. The summed E-state index contributed by atoms with van der Waals surface area (Å²) in [6.45, 7) is 4.35. The highest BCUT2D eigenvalue weighted by Crippen LogP contribution is 2.21. The van der Waals surface area contributed by atoms with Gasteiger partial charge in [0.05, 0.1) is 6.61 Å². The van der Waals surface area contributed by atoms with E-state index in [1.165, 1.54) is 38.5 Å². The Labute approximate surface area is 100 Å². The molecule has 0 radical (unpaired) electrons. The second-order valence-corrected chi connectivity index (χ2v) is 4.98. The normalized spacial score (nSPS) is 27.0. The molecular weight excluding hydrogens is 200 g/mol. The van der Waals surface area contributed by atoms with Crippen molar-refractivity contribution in [3.05, 3.63) is 0 Å². The molecule has 3 N–H and O–H groups in total. The summed E-state index contributed by atoms with van der Waals surface area (Å²) in [5, 5.41) is 9.14. The molecule has 0 amide bonds. The molecule has 0 saturated heterocycles. The standard InChI is InChI=1S/C13H28N2O/c1-2-3-9-15(10-11-16)13-8-6-4-5-7-12(13)14/h12-13,16H,2-11,14H2,1H3. The molecule has 2 atom stereocenters. The van der Waals surface area contributed by atoms with E-state index in [9.17, 15) is 0 Å². The summed E-state index contributed by atoms with van der Waals surface area (Å²) in [4.78, 5) is 2.42. The van der Waals surface area contributed by atoms with Gasteiger partial charge in [-0.1, -0.05) is 32.6 Å². The molecule has 0 spiro atoms. The Balaban J connectivity index is 2.51. The second kappa shape index (κ2) is 8.04. The van der Waals surface area contributed by atoms with Gasteiger partial charge in [0.25, 0.3) is 0 Å². The van der Waals surface area contributed by atoms with Gasteiger partial charge >= 0.3 is 0 Å². The quantitative estimate of drug-likeness (QED) is 0.681. The van der Waals surface area contributed by atoms with Gasteiger partial charge in [-0.05, 0) is 25.8 Å². The molecule has 1 aliphatic carbocycles. The lowest BCUT2D eigenvalue weighted by Crippen LogP contribution is -2.48. The Morgan fingerprint density at radius 2 is 1.94 bits per heavy atom. The van der Waals surface area contributed by atoms with Crippen LogP contribution in [0.4, 0.5) is 0 Å². The second-order valence-electron chi connectivity index (χ2n) is 4.98. The molecule has 1 rings (SSSR count). The fraction of sp³-hybridized carbons (Fsp3) is 1.00. The summed E-state index contributed by atoms with van der Waals surface area (Å²) in [6.07, 6.45) is 8.69. The minimum atomic E-state index is 0.257. The zero-order chi connectivity index (χ0) is 11.8. The molecule has 0 aromatic rings. The zero-order valence-electron chi connectivity index (χ0n) is 10.7. The topological polar surface area (TPSA) is 49.5 Å². The maximum atomic E-state index is 9.14. The summed E-state index contributed by atoms with van der Waals surface area (Å²) >= 11 is 0. The van der Waals surface area contributed by atoms with Crippen molar-refractivity contribution < 1.29 is 5.11 Å². The average molecular weight is 228 g/mol. The zero-order valence-corrected chi connectivity index (χ0v) is 10.7. The van der Waals surface area contributed by atoms with E-state index >= 15 is 0 Å². The van der Waals surface area contributed by atoms with Crippen molar-refractivity contribution in [1.29, 1.82) is 0 Å². The SMILES string of the molecule is CCCCN(CCO)C1CCCCCC1N. The lowest BCUT2D eigenvalue weighted by Gasteiger charge is -2.34. The fourth-order valence-electron chi connectivity index (χ4n) is 2.70. The first-order valence-electron chi connectivity index (χ1n) is 6.90. The molecule has 3 heteroatoms. The number of aliphatic hydroxyl groups is 1. The third kappa shape index (κ3) is 4.40. The van der Waals surface area contributed by atoms with E-state index in [0.717, 1.165) is 19.5 Å². The molecule has 1 aliphatic rings. The van der Waals surface area contributed by atoms with Gasteiger partial charge < -0.3 is 10.8 Å². The van der Waals surface area contributed by atoms with E-state index in [1.54, 1.807) is 0 Å². The van der Waals surface area contributed by atoms with Crippen LogP contribution in [-0.2, 0) is 0 Å². The van der Waals surface area contributed by atoms with Crippen LogP contribution in [0.3, 0.4) is 0 Å². The van der Waals surface area contributed by atoms with Gasteiger partial charge in [0.15, 0.2) is 0 Å². The van der Waals surface area contributed by atoms with Crippen molar-refractivity contribution in [2.24, 2.45) is 5.73 Å². The smallest absolute Gasteiger partial charge is 0.0558 e. The number of hydrogen-bond donors (Lipinski definition) is 2. The van der Waals surface area contributed by atoms with E-state index in [2.05, 4.69) is 11.8 Å². The summed E-state index contributed by atoms with van der Waals surface area (Å²) in [5.41, 5.74) is 6.26. The van der Waals surface area contributed by atoms with Gasteiger partial charge in [0.2, 0.25) is 0 Å². The lowest BCUT2D eigenvalue weighted by molar-refractivity contribution is 0.126. The van der Waals surface area contributed by atoms with Gasteiger partial charge in [0, 0.05) is 18.6 Å². The van der Waals surface area contributed by atoms with Crippen molar-refractivity contribution in [1.82, 2.24) is 4.90 Å². The predicted octanol–water partition coefficient (Wildman–Crippen LogP) is 1.74. The van der Waals surface area contributed by atoms with Gasteiger partial charge in [-0.2, -0.15) is 0 Å². The molecule has 0 aliphatic heterocycles. The third-order valence-electron chi connectivity index (χ3n) is 3.69. The number of nitrogens with zero attached hydrogens (tertiary/aromatic N) is 1. The minimum absolute atomic E-state index is 0.257. The minimum Gasteiger partial charge on any atom is -0.395 e. The summed E-state index contributed by atoms with van der Waals surface area (Å²) in [6, 6.07) is 0.812. The predicted molar refractivity (Wildman–Crippen MR) is 68.4 cm³/mol. The third-order valence-corrected chi connectivity index (χ3v) is 3.69. The van der Waals surface area contributed by atoms with E-state index in [1.807, 2.05) is 0 Å². The van der Waals surface area contributed by atoms with E-state index in [-0.39, 0.29) is 6.61 Å². The van der Waals surface area contributed by atoms with Gasteiger partial charge in [-0.3, -0.25) is 4.90 Å².